The summed E-state index contributed by atoms with van der Waals surface area (Å²) in [7, 11) is -1.62. The molecule has 0 saturated carbocycles. The predicted molar refractivity (Wildman–Crippen MR) is 52.6 cm³/mol. The summed E-state index contributed by atoms with van der Waals surface area (Å²) in [5.41, 5.74) is 0.462. The lowest BCUT2D eigenvalue weighted by Gasteiger charge is -1.99. The number of hydrogen-bond donors (Lipinski definition) is 1. The fourth-order valence-corrected chi connectivity index (χ4v) is 1.47. The summed E-state index contributed by atoms with van der Waals surface area (Å²) >= 11 is 0. The van der Waals surface area contributed by atoms with E-state index in [0.717, 1.165) is 6.26 Å². The zero-order chi connectivity index (χ0) is 10.6. The highest BCUT2D eigenvalue weighted by Crippen LogP contribution is 2.06. The number of rotatable bonds is 5. The molecule has 0 unspecified atom stereocenters. The van der Waals surface area contributed by atoms with Gasteiger partial charge in [0.15, 0.2) is 0 Å². The van der Waals surface area contributed by atoms with Crippen LogP contribution >= 0.6 is 0 Å². The highest BCUT2D eigenvalue weighted by Gasteiger charge is 2.03. The van der Waals surface area contributed by atoms with Crippen molar-refractivity contribution in [3.8, 4) is 0 Å². The maximum absolute atomic E-state index is 10.9. The summed E-state index contributed by atoms with van der Waals surface area (Å²) in [4.78, 5) is 0. The van der Waals surface area contributed by atoms with Gasteiger partial charge in [0.1, 0.15) is 0 Å². The van der Waals surface area contributed by atoms with Crippen molar-refractivity contribution in [3.05, 3.63) is 12.4 Å². The molecule has 0 saturated heterocycles. The van der Waals surface area contributed by atoms with Crippen LogP contribution in [-0.2, 0) is 21.3 Å². The summed E-state index contributed by atoms with van der Waals surface area (Å²) in [6.45, 7) is 1.14. The van der Waals surface area contributed by atoms with Crippen molar-refractivity contribution < 1.29 is 13.2 Å². The molecule has 1 heterocycles. The Kier molecular flexibility index (Phi) is 3.48. The van der Waals surface area contributed by atoms with Crippen LogP contribution in [0, 0.1) is 0 Å². The maximum Gasteiger partial charge on any atom is 0.229 e. The Morgan fingerprint density at radius 3 is 2.93 bits per heavy atom. The molecule has 0 radical (unpaired) electrons. The van der Waals surface area contributed by atoms with Crippen LogP contribution in [0.2, 0.25) is 0 Å². The molecule has 1 rings (SSSR count). The molecule has 1 aromatic heterocycles. The fraction of sp³-hybridized carbons (Fsp3) is 0.571. The Balaban J connectivity index is 2.59. The molecule has 0 amide bonds. The van der Waals surface area contributed by atoms with Gasteiger partial charge in [0.05, 0.1) is 31.3 Å². The van der Waals surface area contributed by atoms with Crippen LogP contribution < -0.4 is 4.72 Å². The predicted octanol–water partition coefficient (Wildman–Crippen LogP) is -0.0990. The van der Waals surface area contributed by atoms with E-state index in [4.69, 9.17) is 4.74 Å². The first kappa shape index (κ1) is 11.0. The SMILES string of the molecule is COCCn1cc(NS(C)(=O)=O)cn1. The second-order valence-electron chi connectivity index (χ2n) is 2.86. The Hall–Kier alpha value is -1.08. The van der Waals surface area contributed by atoms with Crippen molar-refractivity contribution in [1.29, 1.82) is 0 Å². The lowest BCUT2D eigenvalue weighted by atomic mass is 10.6. The van der Waals surface area contributed by atoms with Crippen molar-refractivity contribution >= 4 is 15.7 Å². The van der Waals surface area contributed by atoms with Gasteiger partial charge in [-0.1, -0.05) is 0 Å². The van der Waals surface area contributed by atoms with Gasteiger partial charge in [0.25, 0.3) is 0 Å². The highest BCUT2D eigenvalue weighted by atomic mass is 32.2. The molecule has 0 atom stereocenters. The zero-order valence-electron chi connectivity index (χ0n) is 8.10. The molecule has 0 aliphatic rings. The van der Waals surface area contributed by atoms with Gasteiger partial charge in [0.2, 0.25) is 10.0 Å². The summed E-state index contributed by atoms with van der Waals surface area (Å²) in [5.74, 6) is 0. The van der Waals surface area contributed by atoms with E-state index in [9.17, 15) is 8.42 Å². The largest absolute Gasteiger partial charge is 0.383 e. The Labute approximate surface area is 82.9 Å². The lowest BCUT2D eigenvalue weighted by molar-refractivity contribution is 0.183. The second kappa shape index (κ2) is 4.43. The summed E-state index contributed by atoms with van der Waals surface area (Å²) in [6.07, 6.45) is 4.16. The smallest absolute Gasteiger partial charge is 0.229 e. The standard InChI is InChI=1S/C7H13N3O3S/c1-13-4-3-10-6-7(5-8-10)9-14(2,11)12/h5-6,9H,3-4H2,1-2H3. The first-order chi connectivity index (χ1) is 6.51. The van der Waals surface area contributed by atoms with Crippen LogP contribution in [0.1, 0.15) is 0 Å². The van der Waals surface area contributed by atoms with Gasteiger partial charge in [-0.25, -0.2) is 8.42 Å². The third kappa shape index (κ3) is 3.75. The Bertz CT molecular complexity index is 385. The molecule has 14 heavy (non-hydrogen) atoms. The van der Waals surface area contributed by atoms with Crippen molar-refractivity contribution in [2.45, 2.75) is 6.54 Å². The average Bonchev–Trinajstić information content (AvgIpc) is 2.46. The fourth-order valence-electron chi connectivity index (χ4n) is 0.937. The molecule has 0 aliphatic heterocycles. The third-order valence-corrected chi connectivity index (χ3v) is 2.07. The number of nitrogens with zero attached hydrogens (tertiary/aromatic N) is 2. The first-order valence-corrected chi connectivity index (χ1v) is 5.89. The van der Waals surface area contributed by atoms with Gasteiger partial charge >= 0.3 is 0 Å². The Morgan fingerprint density at radius 2 is 2.36 bits per heavy atom. The summed E-state index contributed by atoms with van der Waals surface area (Å²) in [5, 5.41) is 3.95. The van der Waals surface area contributed by atoms with Crippen LogP contribution in [0.25, 0.3) is 0 Å². The van der Waals surface area contributed by atoms with Crippen LogP contribution in [0.15, 0.2) is 12.4 Å². The van der Waals surface area contributed by atoms with Crippen molar-refractivity contribution in [3.63, 3.8) is 0 Å². The minimum absolute atomic E-state index is 0.462. The van der Waals surface area contributed by atoms with Gasteiger partial charge in [-0.15, -0.1) is 0 Å². The van der Waals surface area contributed by atoms with Gasteiger partial charge in [0, 0.05) is 13.3 Å². The molecule has 1 aromatic rings. The lowest BCUT2D eigenvalue weighted by Crippen LogP contribution is -2.09. The molecule has 1 N–H and O–H groups in total. The monoisotopic (exact) mass is 219 g/mol. The van der Waals surface area contributed by atoms with Crippen molar-refractivity contribution in [2.24, 2.45) is 0 Å². The molecule has 0 aromatic carbocycles. The van der Waals surface area contributed by atoms with E-state index < -0.39 is 10.0 Å². The topological polar surface area (TPSA) is 73.2 Å². The van der Waals surface area contributed by atoms with Gasteiger partial charge in [-0.05, 0) is 0 Å². The van der Waals surface area contributed by atoms with Crippen molar-refractivity contribution in [2.75, 3.05) is 24.7 Å². The van der Waals surface area contributed by atoms with E-state index in [-0.39, 0.29) is 0 Å². The summed E-state index contributed by atoms with van der Waals surface area (Å²) < 4.78 is 30.5. The van der Waals surface area contributed by atoms with E-state index in [1.807, 2.05) is 0 Å². The summed E-state index contributed by atoms with van der Waals surface area (Å²) in [6, 6.07) is 0. The van der Waals surface area contributed by atoms with Crippen LogP contribution in [0.3, 0.4) is 0 Å². The first-order valence-electron chi connectivity index (χ1n) is 4.00. The zero-order valence-corrected chi connectivity index (χ0v) is 8.91. The number of methoxy groups -OCH3 is 1. The molecular formula is C7H13N3O3S. The average molecular weight is 219 g/mol. The number of aromatic nitrogens is 2. The van der Waals surface area contributed by atoms with Crippen LogP contribution in [0.5, 0.6) is 0 Å². The number of nitrogens with one attached hydrogen (secondary N) is 1. The third-order valence-electron chi connectivity index (χ3n) is 1.46. The van der Waals surface area contributed by atoms with Crippen molar-refractivity contribution in [1.82, 2.24) is 9.78 Å². The molecule has 0 aliphatic carbocycles. The van der Waals surface area contributed by atoms with Crippen LogP contribution in [0.4, 0.5) is 5.69 Å². The van der Waals surface area contributed by atoms with E-state index in [0.29, 0.717) is 18.8 Å². The van der Waals surface area contributed by atoms with E-state index in [2.05, 4.69) is 9.82 Å². The highest BCUT2D eigenvalue weighted by molar-refractivity contribution is 7.92. The van der Waals surface area contributed by atoms with Gasteiger partial charge < -0.3 is 4.74 Å². The minimum Gasteiger partial charge on any atom is -0.383 e. The number of sulfonamides is 1. The van der Waals surface area contributed by atoms with E-state index >= 15 is 0 Å². The van der Waals surface area contributed by atoms with Gasteiger partial charge in [-0.2, -0.15) is 5.10 Å². The number of anilines is 1. The molecule has 80 valence electrons. The van der Waals surface area contributed by atoms with Gasteiger partial charge in [-0.3, -0.25) is 9.40 Å². The van der Waals surface area contributed by atoms with E-state index in [1.54, 1.807) is 18.0 Å². The quantitative estimate of drug-likeness (QED) is 0.750. The molecule has 6 nitrogen and oxygen atoms in total. The maximum atomic E-state index is 10.9. The molecule has 0 bridgehead atoms. The molecule has 0 spiro atoms. The second-order valence-corrected chi connectivity index (χ2v) is 4.61. The van der Waals surface area contributed by atoms with E-state index in [1.165, 1.54) is 6.20 Å². The number of hydrogen-bond acceptors (Lipinski definition) is 4. The number of ether oxygens (including phenoxy) is 1. The molecule has 0 fully saturated rings. The Morgan fingerprint density at radius 1 is 1.64 bits per heavy atom. The van der Waals surface area contributed by atoms with Crippen LogP contribution in [-0.4, -0.2) is 38.2 Å². The molecular weight excluding hydrogens is 206 g/mol. The molecule has 7 heteroatoms. The minimum atomic E-state index is -3.22. The normalized spacial score (nSPS) is 11.6.